The van der Waals surface area contributed by atoms with Crippen LogP contribution < -0.4 is 5.32 Å². The van der Waals surface area contributed by atoms with Gasteiger partial charge in [-0.2, -0.15) is 0 Å². The molecular formula is C20H19N3O3S. The average molecular weight is 381 g/mol. The molecule has 1 aromatic heterocycles. The Bertz CT molecular complexity index is 962. The number of fused-ring (bicyclic) bond motifs is 1. The molecule has 2 aromatic carbocycles. The second-order valence-corrected chi connectivity index (χ2v) is 7.21. The number of hydrogen-bond donors (Lipinski definition) is 1. The van der Waals surface area contributed by atoms with Crippen LogP contribution in [0.5, 0.6) is 0 Å². The molecule has 1 aliphatic rings. The largest absolute Gasteiger partial charge is 0.378 e. The number of hydrogen-bond acceptors (Lipinski definition) is 5. The summed E-state index contributed by atoms with van der Waals surface area (Å²) in [7, 11) is 0. The normalized spacial score (nSPS) is 14.3. The number of benzene rings is 2. The Labute approximate surface area is 160 Å². The van der Waals surface area contributed by atoms with Crippen molar-refractivity contribution >= 4 is 33.4 Å². The number of aromatic nitrogens is 1. The molecule has 0 unspecified atom stereocenters. The van der Waals surface area contributed by atoms with E-state index >= 15 is 0 Å². The van der Waals surface area contributed by atoms with Gasteiger partial charge >= 0.3 is 0 Å². The molecule has 0 saturated carbocycles. The molecule has 1 aliphatic heterocycles. The number of nitrogens with zero attached hydrogens (tertiary/aromatic N) is 2. The van der Waals surface area contributed by atoms with E-state index in [1.54, 1.807) is 16.5 Å². The molecule has 1 N–H and O–H groups in total. The molecule has 2 amide bonds. The van der Waals surface area contributed by atoms with Gasteiger partial charge in [0, 0.05) is 30.8 Å². The summed E-state index contributed by atoms with van der Waals surface area (Å²) >= 11 is 1.51. The first-order chi connectivity index (χ1) is 13.2. The van der Waals surface area contributed by atoms with Gasteiger partial charge in [-0.15, -0.1) is 11.3 Å². The van der Waals surface area contributed by atoms with E-state index in [0.29, 0.717) is 44.0 Å². The zero-order valence-electron chi connectivity index (χ0n) is 14.7. The number of morpholine rings is 1. The molecule has 0 spiro atoms. The first kappa shape index (κ1) is 17.6. The van der Waals surface area contributed by atoms with E-state index in [9.17, 15) is 9.59 Å². The lowest BCUT2D eigenvalue weighted by atomic mass is 10.1. The maximum atomic E-state index is 12.4. The highest BCUT2D eigenvalue weighted by Gasteiger charge is 2.18. The van der Waals surface area contributed by atoms with Gasteiger partial charge in [-0.05, 0) is 35.9 Å². The molecule has 2 heterocycles. The van der Waals surface area contributed by atoms with Gasteiger partial charge in [-0.3, -0.25) is 9.59 Å². The predicted molar refractivity (Wildman–Crippen MR) is 104 cm³/mol. The third-order valence-corrected chi connectivity index (χ3v) is 5.34. The Morgan fingerprint density at radius 2 is 1.81 bits per heavy atom. The Morgan fingerprint density at radius 1 is 1.07 bits per heavy atom. The second kappa shape index (κ2) is 7.85. The topological polar surface area (TPSA) is 71.5 Å². The molecule has 27 heavy (non-hydrogen) atoms. The molecule has 0 radical (unpaired) electrons. The molecule has 1 fully saturated rings. The van der Waals surface area contributed by atoms with E-state index in [1.165, 1.54) is 11.3 Å². The van der Waals surface area contributed by atoms with Crippen LogP contribution in [0.2, 0.25) is 0 Å². The number of nitrogens with one attached hydrogen (secondary N) is 1. The minimum Gasteiger partial charge on any atom is -0.378 e. The van der Waals surface area contributed by atoms with Crippen LogP contribution in [0.3, 0.4) is 0 Å². The molecule has 1 saturated heterocycles. The van der Waals surface area contributed by atoms with E-state index in [0.717, 1.165) is 15.8 Å². The molecule has 0 bridgehead atoms. The van der Waals surface area contributed by atoms with Gasteiger partial charge in [0.2, 0.25) is 0 Å². The van der Waals surface area contributed by atoms with Gasteiger partial charge < -0.3 is 15.0 Å². The number of rotatable bonds is 4. The number of carbonyl (C=O) groups is 2. The number of thiazole rings is 1. The van der Waals surface area contributed by atoms with E-state index < -0.39 is 0 Å². The minimum absolute atomic E-state index is 0.0201. The third-order valence-electron chi connectivity index (χ3n) is 4.55. The number of ether oxygens (including phenoxy) is 1. The van der Waals surface area contributed by atoms with Crippen LogP contribution in [0.1, 0.15) is 26.3 Å². The van der Waals surface area contributed by atoms with Gasteiger partial charge in [-0.1, -0.05) is 12.1 Å². The molecular weight excluding hydrogens is 362 g/mol. The summed E-state index contributed by atoms with van der Waals surface area (Å²) in [5, 5.41) is 2.92. The van der Waals surface area contributed by atoms with Crippen molar-refractivity contribution in [2.75, 3.05) is 26.3 Å². The molecule has 7 heteroatoms. The summed E-state index contributed by atoms with van der Waals surface area (Å²) in [6.07, 6.45) is 0. The highest BCUT2D eigenvalue weighted by Crippen LogP contribution is 2.19. The van der Waals surface area contributed by atoms with E-state index in [1.807, 2.05) is 36.4 Å². The summed E-state index contributed by atoms with van der Waals surface area (Å²) in [5.41, 5.74) is 4.89. The van der Waals surface area contributed by atoms with E-state index in [2.05, 4.69) is 10.3 Å². The van der Waals surface area contributed by atoms with Gasteiger partial charge in [0.15, 0.2) is 0 Å². The van der Waals surface area contributed by atoms with Crippen molar-refractivity contribution in [3.05, 3.63) is 64.7 Å². The van der Waals surface area contributed by atoms with Crippen LogP contribution in [0.25, 0.3) is 10.2 Å². The Hall–Kier alpha value is -2.77. The zero-order valence-corrected chi connectivity index (χ0v) is 15.5. The SMILES string of the molecule is O=C(NCc1ccc(C(=O)N2CCOCC2)cc1)c1ccc2ncsc2c1. The van der Waals surface area contributed by atoms with Crippen LogP contribution in [-0.4, -0.2) is 48.0 Å². The lowest BCUT2D eigenvalue weighted by molar-refractivity contribution is 0.0303. The van der Waals surface area contributed by atoms with Crippen molar-refractivity contribution in [2.24, 2.45) is 0 Å². The molecule has 0 atom stereocenters. The van der Waals surface area contributed by atoms with Crippen molar-refractivity contribution in [3.8, 4) is 0 Å². The molecule has 0 aliphatic carbocycles. The fourth-order valence-corrected chi connectivity index (χ4v) is 3.71. The Balaban J connectivity index is 1.36. The van der Waals surface area contributed by atoms with Crippen LogP contribution >= 0.6 is 11.3 Å². The van der Waals surface area contributed by atoms with Gasteiger partial charge in [0.25, 0.3) is 11.8 Å². The third kappa shape index (κ3) is 3.99. The number of amides is 2. The second-order valence-electron chi connectivity index (χ2n) is 6.32. The van der Waals surface area contributed by atoms with Gasteiger partial charge in [0.05, 0.1) is 28.9 Å². The van der Waals surface area contributed by atoms with Crippen molar-refractivity contribution < 1.29 is 14.3 Å². The first-order valence-corrected chi connectivity index (χ1v) is 9.66. The van der Waals surface area contributed by atoms with E-state index in [-0.39, 0.29) is 11.8 Å². The summed E-state index contributed by atoms with van der Waals surface area (Å²) in [6.45, 7) is 2.83. The minimum atomic E-state index is -0.126. The maximum absolute atomic E-state index is 12.4. The fourth-order valence-electron chi connectivity index (χ4n) is 2.99. The standard InChI is InChI=1S/C20H19N3O3S/c24-19(16-5-6-17-18(11-16)27-13-22-17)21-12-14-1-3-15(4-2-14)20(25)23-7-9-26-10-8-23/h1-6,11,13H,7-10,12H2,(H,21,24). The highest BCUT2D eigenvalue weighted by molar-refractivity contribution is 7.16. The average Bonchev–Trinajstić information content (AvgIpc) is 3.20. The van der Waals surface area contributed by atoms with Crippen molar-refractivity contribution in [2.45, 2.75) is 6.54 Å². The summed E-state index contributed by atoms with van der Waals surface area (Å²) < 4.78 is 6.27. The Morgan fingerprint density at radius 3 is 2.59 bits per heavy atom. The van der Waals surface area contributed by atoms with Gasteiger partial charge in [-0.25, -0.2) is 4.98 Å². The molecule has 4 rings (SSSR count). The Kier molecular flexibility index (Phi) is 5.13. The van der Waals surface area contributed by atoms with Gasteiger partial charge in [0.1, 0.15) is 0 Å². The molecule has 6 nitrogen and oxygen atoms in total. The van der Waals surface area contributed by atoms with Crippen molar-refractivity contribution in [1.29, 1.82) is 0 Å². The quantitative estimate of drug-likeness (QED) is 0.754. The van der Waals surface area contributed by atoms with Crippen LogP contribution in [0.4, 0.5) is 0 Å². The monoisotopic (exact) mass is 381 g/mol. The van der Waals surface area contributed by atoms with Crippen LogP contribution in [0, 0.1) is 0 Å². The molecule has 138 valence electrons. The van der Waals surface area contributed by atoms with Crippen molar-refractivity contribution in [3.63, 3.8) is 0 Å². The number of carbonyl (C=O) groups excluding carboxylic acids is 2. The first-order valence-electron chi connectivity index (χ1n) is 8.78. The fraction of sp³-hybridized carbons (Fsp3) is 0.250. The lowest BCUT2D eigenvalue weighted by Gasteiger charge is -2.26. The summed E-state index contributed by atoms with van der Waals surface area (Å²) in [6, 6.07) is 12.9. The van der Waals surface area contributed by atoms with Crippen LogP contribution in [-0.2, 0) is 11.3 Å². The zero-order chi connectivity index (χ0) is 18.6. The summed E-state index contributed by atoms with van der Waals surface area (Å²) in [4.78, 5) is 30.8. The predicted octanol–water partition coefficient (Wildman–Crippen LogP) is 2.70. The lowest BCUT2D eigenvalue weighted by Crippen LogP contribution is -2.40. The highest BCUT2D eigenvalue weighted by atomic mass is 32.1. The van der Waals surface area contributed by atoms with Crippen molar-refractivity contribution in [1.82, 2.24) is 15.2 Å². The smallest absolute Gasteiger partial charge is 0.254 e. The maximum Gasteiger partial charge on any atom is 0.254 e. The van der Waals surface area contributed by atoms with E-state index in [4.69, 9.17) is 4.74 Å². The summed E-state index contributed by atoms with van der Waals surface area (Å²) in [5.74, 6) is -0.106. The molecule has 3 aromatic rings. The van der Waals surface area contributed by atoms with Crippen LogP contribution in [0.15, 0.2) is 48.0 Å².